The lowest BCUT2D eigenvalue weighted by Crippen LogP contribution is -2.28. The Bertz CT molecular complexity index is 1160. The van der Waals surface area contributed by atoms with Gasteiger partial charge in [0.05, 0.1) is 44.8 Å². The average Bonchev–Trinajstić information content (AvgIpc) is 3.29. The Morgan fingerprint density at radius 3 is 2.34 bits per heavy atom. The molecule has 0 spiro atoms. The summed E-state index contributed by atoms with van der Waals surface area (Å²) >= 11 is 0. The molecule has 1 N–H and O–H groups in total. The molecule has 9 heteroatoms. The quantitative estimate of drug-likeness (QED) is 0.502. The molecule has 1 aliphatic heterocycles. The van der Waals surface area contributed by atoms with Crippen molar-refractivity contribution < 1.29 is 28.5 Å². The topological polar surface area (TPSA) is 99.2 Å². The van der Waals surface area contributed by atoms with Gasteiger partial charge in [0.1, 0.15) is 6.61 Å². The third-order valence-electron chi connectivity index (χ3n) is 5.69. The number of ether oxygens (including phenoxy) is 4. The van der Waals surface area contributed by atoms with Crippen LogP contribution in [0.2, 0.25) is 0 Å². The van der Waals surface area contributed by atoms with Gasteiger partial charge in [-0.15, -0.1) is 0 Å². The zero-order chi connectivity index (χ0) is 24.8. The van der Waals surface area contributed by atoms with Gasteiger partial charge < -0.3 is 29.2 Å². The molecule has 0 aliphatic carbocycles. The van der Waals surface area contributed by atoms with Crippen LogP contribution in [0.15, 0.2) is 60.8 Å². The lowest BCUT2D eigenvalue weighted by Gasteiger charge is -2.20. The van der Waals surface area contributed by atoms with E-state index in [0.717, 1.165) is 5.56 Å². The van der Waals surface area contributed by atoms with E-state index in [4.69, 9.17) is 18.9 Å². The summed E-state index contributed by atoms with van der Waals surface area (Å²) < 4.78 is 21.8. The van der Waals surface area contributed by atoms with Crippen molar-refractivity contribution in [1.29, 1.82) is 0 Å². The number of carbonyl (C=O) groups is 2. The van der Waals surface area contributed by atoms with Gasteiger partial charge in [0.15, 0.2) is 11.5 Å². The van der Waals surface area contributed by atoms with Crippen LogP contribution in [-0.2, 0) is 16.2 Å². The Labute approximate surface area is 203 Å². The molecule has 1 unspecified atom stereocenters. The van der Waals surface area contributed by atoms with Crippen molar-refractivity contribution >= 4 is 23.2 Å². The number of hydrogen-bond acceptors (Lipinski definition) is 7. The van der Waals surface area contributed by atoms with Crippen LogP contribution in [-0.4, -0.2) is 44.7 Å². The fraction of sp³-hybridized carbons (Fsp3) is 0.269. The third kappa shape index (κ3) is 5.46. The number of anilines is 2. The van der Waals surface area contributed by atoms with Crippen LogP contribution in [0.4, 0.5) is 11.4 Å². The summed E-state index contributed by atoms with van der Waals surface area (Å²) in [6.07, 6.45) is 1.63. The molecule has 1 aliphatic rings. The fourth-order valence-corrected chi connectivity index (χ4v) is 3.87. The molecule has 1 atom stereocenters. The van der Waals surface area contributed by atoms with Crippen molar-refractivity contribution in [1.82, 2.24) is 4.98 Å². The summed E-state index contributed by atoms with van der Waals surface area (Å²) in [4.78, 5) is 31.4. The van der Waals surface area contributed by atoms with Gasteiger partial charge in [0.25, 0.3) is 0 Å². The maximum atomic E-state index is 12.9. The Kier molecular flexibility index (Phi) is 7.35. The molecule has 3 aromatic rings. The van der Waals surface area contributed by atoms with E-state index < -0.39 is 5.92 Å². The van der Waals surface area contributed by atoms with E-state index in [1.807, 2.05) is 30.3 Å². The maximum absolute atomic E-state index is 12.9. The van der Waals surface area contributed by atoms with Crippen molar-refractivity contribution in [2.75, 3.05) is 38.1 Å². The maximum Gasteiger partial charge on any atom is 0.229 e. The standard InChI is InChI=1S/C26H27N3O6/c1-32-21-12-20(13-22(33-2)25(21)34-3)29-15-18(11-24(29)30)26(31)28-19-9-10-23(27-14-19)35-16-17-7-5-4-6-8-17/h4-10,12-14,18H,11,15-16H2,1-3H3,(H,28,31). The highest BCUT2D eigenvalue weighted by molar-refractivity contribution is 6.03. The minimum atomic E-state index is -0.518. The zero-order valence-electron chi connectivity index (χ0n) is 19.8. The van der Waals surface area contributed by atoms with Gasteiger partial charge in [-0.05, 0) is 11.6 Å². The highest BCUT2D eigenvalue weighted by Crippen LogP contribution is 2.42. The van der Waals surface area contributed by atoms with E-state index in [9.17, 15) is 9.59 Å². The number of rotatable bonds is 9. The molecule has 182 valence electrons. The van der Waals surface area contributed by atoms with Crippen LogP contribution in [0.25, 0.3) is 0 Å². The number of hydrogen-bond donors (Lipinski definition) is 1. The number of amides is 2. The molecule has 4 rings (SSSR count). The first-order valence-electron chi connectivity index (χ1n) is 11.1. The van der Waals surface area contributed by atoms with E-state index in [-0.39, 0.29) is 24.8 Å². The van der Waals surface area contributed by atoms with Crippen molar-refractivity contribution in [3.8, 4) is 23.1 Å². The number of methoxy groups -OCH3 is 3. The van der Waals surface area contributed by atoms with Crippen molar-refractivity contribution in [2.45, 2.75) is 13.0 Å². The molecule has 0 saturated carbocycles. The minimum Gasteiger partial charge on any atom is -0.493 e. The Morgan fingerprint density at radius 1 is 1.03 bits per heavy atom. The number of aromatic nitrogens is 1. The summed E-state index contributed by atoms with van der Waals surface area (Å²) in [7, 11) is 4.53. The van der Waals surface area contributed by atoms with Crippen LogP contribution in [0, 0.1) is 5.92 Å². The molecule has 9 nitrogen and oxygen atoms in total. The summed E-state index contributed by atoms with van der Waals surface area (Å²) in [6.45, 7) is 0.634. The molecule has 0 radical (unpaired) electrons. The fourth-order valence-electron chi connectivity index (χ4n) is 3.87. The Morgan fingerprint density at radius 2 is 1.74 bits per heavy atom. The third-order valence-corrected chi connectivity index (χ3v) is 5.69. The molecule has 0 bridgehead atoms. The largest absolute Gasteiger partial charge is 0.493 e. The normalized spacial score (nSPS) is 15.0. The summed E-state index contributed by atoms with van der Waals surface area (Å²) in [5.74, 6) is 0.817. The van der Waals surface area contributed by atoms with E-state index in [1.54, 1.807) is 29.2 Å². The minimum absolute atomic E-state index is 0.0915. The predicted molar refractivity (Wildman–Crippen MR) is 130 cm³/mol. The molecule has 2 heterocycles. The second kappa shape index (κ2) is 10.8. The van der Waals surface area contributed by atoms with Crippen molar-refractivity contribution in [2.24, 2.45) is 5.92 Å². The van der Waals surface area contributed by atoms with Crippen molar-refractivity contribution in [3.63, 3.8) is 0 Å². The van der Waals surface area contributed by atoms with Gasteiger partial charge in [-0.25, -0.2) is 4.98 Å². The van der Waals surface area contributed by atoms with Gasteiger partial charge in [-0.1, -0.05) is 30.3 Å². The Balaban J connectivity index is 1.38. The lowest BCUT2D eigenvalue weighted by atomic mass is 10.1. The van der Waals surface area contributed by atoms with E-state index in [0.29, 0.717) is 41.1 Å². The molecule has 2 amide bonds. The van der Waals surface area contributed by atoms with E-state index in [1.165, 1.54) is 27.5 Å². The van der Waals surface area contributed by atoms with Gasteiger partial charge in [-0.3, -0.25) is 9.59 Å². The number of nitrogens with zero attached hydrogens (tertiary/aromatic N) is 2. The molecule has 2 aromatic carbocycles. The van der Waals surface area contributed by atoms with E-state index in [2.05, 4.69) is 10.3 Å². The highest BCUT2D eigenvalue weighted by atomic mass is 16.5. The van der Waals surface area contributed by atoms with Gasteiger partial charge in [-0.2, -0.15) is 0 Å². The summed E-state index contributed by atoms with van der Waals surface area (Å²) in [6, 6.07) is 16.6. The molecule has 35 heavy (non-hydrogen) atoms. The second-order valence-corrected chi connectivity index (χ2v) is 7.94. The van der Waals surface area contributed by atoms with Crippen LogP contribution >= 0.6 is 0 Å². The van der Waals surface area contributed by atoms with Crippen LogP contribution < -0.4 is 29.2 Å². The summed E-state index contributed by atoms with van der Waals surface area (Å²) in [5.41, 5.74) is 2.14. The lowest BCUT2D eigenvalue weighted by molar-refractivity contribution is -0.122. The summed E-state index contributed by atoms with van der Waals surface area (Å²) in [5, 5.41) is 2.84. The monoisotopic (exact) mass is 477 g/mol. The Hall–Kier alpha value is -4.27. The molecular weight excluding hydrogens is 450 g/mol. The predicted octanol–water partition coefficient (Wildman–Crippen LogP) is 3.68. The van der Waals surface area contributed by atoms with Gasteiger partial charge in [0, 0.05) is 31.2 Å². The first-order valence-corrected chi connectivity index (χ1v) is 11.1. The zero-order valence-corrected chi connectivity index (χ0v) is 19.8. The highest BCUT2D eigenvalue weighted by Gasteiger charge is 2.36. The number of pyridine rings is 1. The van der Waals surface area contributed by atoms with Crippen LogP contribution in [0.3, 0.4) is 0 Å². The van der Waals surface area contributed by atoms with Crippen LogP contribution in [0.5, 0.6) is 23.1 Å². The van der Waals surface area contributed by atoms with Gasteiger partial charge in [0.2, 0.25) is 23.4 Å². The molecule has 1 saturated heterocycles. The van der Waals surface area contributed by atoms with E-state index >= 15 is 0 Å². The molecule has 1 fully saturated rings. The van der Waals surface area contributed by atoms with Crippen LogP contribution in [0.1, 0.15) is 12.0 Å². The van der Waals surface area contributed by atoms with Gasteiger partial charge >= 0.3 is 0 Å². The number of benzene rings is 2. The number of nitrogens with one attached hydrogen (secondary N) is 1. The second-order valence-electron chi connectivity index (χ2n) is 7.94. The SMILES string of the molecule is COc1cc(N2CC(C(=O)Nc3ccc(OCc4ccccc4)nc3)CC2=O)cc(OC)c1OC. The molecular formula is C26H27N3O6. The molecule has 1 aromatic heterocycles. The average molecular weight is 478 g/mol. The number of carbonyl (C=O) groups excluding carboxylic acids is 2. The smallest absolute Gasteiger partial charge is 0.229 e. The van der Waals surface area contributed by atoms with Crippen molar-refractivity contribution in [3.05, 3.63) is 66.4 Å². The first kappa shape index (κ1) is 23.9. The first-order chi connectivity index (χ1) is 17.0.